The average Bonchev–Trinajstić information content (AvgIpc) is 2.39. The molecule has 102 valence electrons. The molecule has 1 amide bonds. The summed E-state index contributed by atoms with van der Waals surface area (Å²) in [6.07, 6.45) is 0. The summed E-state index contributed by atoms with van der Waals surface area (Å²) in [5.74, 6) is 0.412. The van der Waals surface area contributed by atoms with Gasteiger partial charge in [-0.05, 0) is 11.5 Å². The molecule has 1 unspecified atom stereocenters. The summed E-state index contributed by atoms with van der Waals surface area (Å²) < 4.78 is 0. The smallest absolute Gasteiger partial charge is 0.244 e. The second kappa shape index (κ2) is 8.98. The highest BCUT2D eigenvalue weighted by molar-refractivity contribution is 6.30. The lowest BCUT2D eigenvalue weighted by Gasteiger charge is -2.22. The number of amides is 1. The Balaban J connectivity index is 0.00000137. The number of carbonyl (C=O) groups excluding carboxylic acids is 1. The maximum absolute atomic E-state index is 12.0. The molecule has 2 nitrogen and oxygen atoms in total. The first-order chi connectivity index (χ1) is 8.52. The second-order valence-electron chi connectivity index (χ2n) is 4.39. The first-order valence-corrected chi connectivity index (χ1v) is 6.90. The van der Waals surface area contributed by atoms with Gasteiger partial charge in [-0.3, -0.25) is 4.79 Å². The number of rotatable bonds is 4. The van der Waals surface area contributed by atoms with Gasteiger partial charge in [-0.25, -0.2) is 0 Å². The predicted molar refractivity (Wildman–Crippen MR) is 78.9 cm³/mol. The van der Waals surface area contributed by atoms with Gasteiger partial charge in [0.05, 0.1) is 0 Å². The van der Waals surface area contributed by atoms with E-state index >= 15 is 0 Å². The molecule has 0 radical (unpaired) electrons. The number of carbonyl (C=O) groups is 1. The van der Waals surface area contributed by atoms with Gasteiger partial charge in [-0.2, -0.15) is 0 Å². The topological polar surface area (TPSA) is 20.3 Å². The van der Waals surface area contributed by atoms with Crippen molar-refractivity contribution in [2.75, 3.05) is 13.6 Å². The number of halogens is 1. The molecule has 0 heterocycles. The van der Waals surface area contributed by atoms with Gasteiger partial charge in [0, 0.05) is 13.6 Å². The van der Waals surface area contributed by atoms with E-state index < -0.39 is 5.38 Å². The van der Waals surface area contributed by atoms with Crippen molar-refractivity contribution in [2.24, 2.45) is 5.92 Å². The van der Waals surface area contributed by atoms with Crippen LogP contribution < -0.4 is 0 Å². The van der Waals surface area contributed by atoms with E-state index in [4.69, 9.17) is 11.6 Å². The molecule has 0 bridgehead atoms. The Hall–Kier alpha value is -1.02. The molecule has 0 fully saturated rings. The number of benzene rings is 1. The van der Waals surface area contributed by atoms with Gasteiger partial charge in [-0.15, -0.1) is 11.6 Å². The molecule has 3 heteroatoms. The average molecular weight is 270 g/mol. The van der Waals surface area contributed by atoms with Crippen LogP contribution in [-0.4, -0.2) is 24.4 Å². The van der Waals surface area contributed by atoms with E-state index in [1.807, 2.05) is 44.2 Å². The molecule has 1 atom stereocenters. The van der Waals surface area contributed by atoms with Crippen LogP contribution in [0.5, 0.6) is 0 Å². The Morgan fingerprint density at radius 1 is 1.22 bits per heavy atom. The van der Waals surface area contributed by atoms with Crippen molar-refractivity contribution < 1.29 is 4.79 Å². The Labute approximate surface area is 116 Å². The molecule has 0 spiro atoms. The van der Waals surface area contributed by atoms with Crippen molar-refractivity contribution in [3.63, 3.8) is 0 Å². The fraction of sp³-hybridized carbons (Fsp3) is 0.533. The number of hydrogen-bond acceptors (Lipinski definition) is 1. The van der Waals surface area contributed by atoms with Crippen LogP contribution in [0.4, 0.5) is 0 Å². The molecule has 0 aromatic heterocycles. The zero-order valence-corrected chi connectivity index (χ0v) is 12.7. The highest BCUT2D eigenvalue weighted by Crippen LogP contribution is 2.22. The standard InChI is InChI=1S/C13H18ClNO.C2H6/c1-10(2)9-15(3)13(16)12(14)11-7-5-4-6-8-11;1-2/h4-8,10,12H,9H2,1-3H3;1-2H3. The summed E-state index contributed by atoms with van der Waals surface area (Å²) in [5.41, 5.74) is 0.852. The normalized spacial score (nSPS) is 11.5. The molecule has 18 heavy (non-hydrogen) atoms. The molecule has 0 N–H and O–H groups in total. The third-order valence-corrected chi connectivity index (χ3v) is 2.76. The number of nitrogens with zero attached hydrogens (tertiary/aromatic N) is 1. The summed E-state index contributed by atoms with van der Waals surface area (Å²) >= 11 is 6.14. The summed E-state index contributed by atoms with van der Waals surface area (Å²) in [6.45, 7) is 8.89. The highest BCUT2D eigenvalue weighted by Gasteiger charge is 2.21. The van der Waals surface area contributed by atoms with Crippen LogP contribution >= 0.6 is 11.6 Å². The van der Waals surface area contributed by atoms with Crippen LogP contribution in [0.1, 0.15) is 38.6 Å². The Bertz CT molecular complexity index is 338. The lowest BCUT2D eigenvalue weighted by molar-refractivity contribution is -0.130. The molecule has 1 rings (SSSR count). The van der Waals surface area contributed by atoms with Crippen molar-refractivity contribution in [2.45, 2.75) is 33.1 Å². The first kappa shape index (κ1) is 17.0. The van der Waals surface area contributed by atoms with Crippen LogP contribution in [0, 0.1) is 5.92 Å². The number of likely N-dealkylation sites (N-methyl/N-ethyl adjacent to an activating group) is 1. The van der Waals surface area contributed by atoms with Crippen molar-refractivity contribution in [3.05, 3.63) is 35.9 Å². The van der Waals surface area contributed by atoms with Crippen LogP contribution in [0.15, 0.2) is 30.3 Å². The predicted octanol–water partition coefficient (Wildman–Crippen LogP) is 4.11. The Kier molecular flexibility index (Phi) is 8.47. The molecule has 1 aromatic rings. The van der Waals surface area contributed by atoms with E-state index in [1.165, 1.54) is 0 Å². The van der Waals surface area contributed by atoms with Crippen molar-refractivity contribution >= 4 is 17.5 Å². The summed E-state index contributed by atoms with van der Waals surface area (Å²) in [6, 6.07) is 9.44. The van der Waals surface area contributed by atoms with E-state index in [-0.39, 0.29) is 5.91 Å². The molecular weight excluding hydrogens is 246 g/mol. The SMILES string of the molecule is CC.CC(C)CN(C)C(=O)C(Cl)c1ccccc1. The highest BCUT2D eigenvalue weighted by atomic mass is 35.5. The maximum atomic E-state index is 12.0. The zero-order chi connectivity index (χ0) is 14.1. The molecule has 0 saturated carbocycles. The van der Waals surface area contributed by atoms with Crippen LogP contribution in [0.3, 0.4) is 0 Å². The maximum Gasteiger partial charge on any atom is 0.244 e. The lowest BCUT2D eigenvalue weighted by Crippen LogP contribution is -2.32. The second-order valence-corrected chi connectivity index (χ2v) is 4.82. The van der Waals surface area contributed by atoms with E-state index in [9.17, 15) is 4.79 Å². The molecule has 0 saturated heterocycles. The number of alkyl halides is 1. The Morgan fingerprint density at radius 2 is 1.72 bits per heavy atom. The largest absolute Gasteiger partial charge is 0.344 e. The van der Waals surface area contributed by atoms with Gasteiger partial charge >= 0.3 is 0 Å². The minimum atomic E-state index is -0.579. The van der Waals surface area contributed by atoms with Gasteiger partial charge in [0.25, 0.3) is 0 Å². The Morgan fingerprint density at radius 3 is 2.17 bits per heavy atom. The van der Waals surface area contributed by atoms with E-state index in [1.54, 1.807) is 11.9 Å². The summed E-state index contributed by atoms with van der Waals surface area (Å²) in [4.78, 5) is 13.7. The van der Waals surface area contributed by atoms with E-state index in [0.29, 0.717) is 5.92 Å². The third-order valence-electron chi connectivity index (χ3n) is 2.32. The van der Waals surface area contributed by atoms with Gasteiger partial charge in [0.1, 0.15) is 5.38 Å². The van der Waals surface area contributed by atoms with Crippen LogP contribution in [-0.2, 0) is 4.79 Å². The van der Waals surface area contributed by atoms with Crippen molar-refractivity contribution in [1.29, 1.82) is 0 Å². The van der Waals surface area contributed by atoms with Crippen molar-refractivity contribution in [1.82, 2.24) is 4.90 Å². The fourth-order valence-corrected chi connectivity index (χ4v) is 1.91. The zero-order valence-electron chi connectivity index (χ0n) is 12.0. The summed E-state index contributed by atoms with van der Waals surface area (Å²) in [7, 11) is 1.79. The van der Waals surface area contributed by atoms with E-state index in [2.05, 4.69) is 13.8 Å². The molecule has 0 aliphatic heterocycles. The quantitative estimate of drug-likeness (QED) is 0.754. The van der Waals surface area contributed by atoms with Gasteiger partial charge in [-0.1, -0.05) is 58.0 Å². The minimum absolute atomic E-state index is 0.0402. The van der Waals surface area contributed by atoms with Gasteiger partial charge in [0.15, 0.2) is 0 Å². The minimum Gasteiger partial charge on any atom is -0.344 e. The van der Waals surface area contributed by atoms with Crippen LogP contribution in [0.25, 0.3) is 0 Å². The van der Waals surface area contributed by atoms with Gasteiger partial charge in [0.2, 0.25) is 5.91 Å². The molecule has 0 aliphatic carbocycles. The molecule has 0 aliphatic rings. The lowest BCUT2D eigenvalue weighted by atomic mass is 10.1. The van der Waals surface area contributed by atoms with Crippen LogP contribution in [0.2, 0.25) is 0 Å². The summed E-state index contributed by atoms with van der Waals surface area (Å²) in [5, 5.41) is -0.579. The van der Waals surface area contributed by atoms with Gasteiger partial charge < -0.3 is 4.90 Å². The fourth-order valence-electron chi connectivity index (χ4n) is 1.60. The molecular formula is C15H24ClNO. The number of hydrogen-bond donors (Lipinski definition) is 0. The van der Waals surface area contributed by atoms with Crippen molar-refractivity contribution in [3.8, 4) is 0 Å². The third kappa shape index (κ3) is 5.54. The first-order valence-electron chi connectivity index (χ1n) is 6.46. The van der Waals surface area contributed by atoms with E-state index in [0.717, 1.165) is 12.1 Å². The molecule has 1 aromatic carbocycles. The monoisotopic (exact) mass is 269 g/mol.